The monoisotopic (exact) mass is 367 g/mol. The number of ether oxygens (including phenoxy) is 1. The average molecular weight is 367 g/mol. The van der Waals surface area contributed by atoms with Crippen molar-refractivity contribution >= 4 is 29.9 Å². The van der Waals surface area contributed by atoms with Crippen molar-refractivity contribution in [1.82, 2.24) is 10.6 Å². The number of nitrogens with one attached hydrogen (secondary N) is 2. The highest BCUT2D eigenvalue weighted by Crippen LogP contribution is 2.28. The molecule has 18 heavy (non-hydrogen) atoms. The number of hydrogen-bond donors (Lipinski definition) is 2. The Labute approximate surface area is 127 Å². The maximum atomic E-state index is 5.69. The summed E-state index contributed by atoms with van der Waals surface area (Å²) in [5, 5.41) is 6.76. The Morgan fingerprint density at radius 3 is 2.72 bits per heavy atom. The molecule has 1 aliphatic heterocycles. The largest absolute Gasteiger partial charge is 0.376 e. The second kappa shape index (κ2) is 8.19. The van der Waals surface area contributed by atoms with Crippen molar-refractivity contribution in [1.29, 1.82) is 0 Å². The van der Waals surface area contributed by atoms with Gasteiger partial charge in [-0.05, 0) is 38.5 Å². The van der Waals surface area contributed by atoms with Crippen LogP contribution in [0.3, 0.4) is 0 Å². The number of aliphatic imine (C=N–C) groups is 1. The first-order valence-electron chi connectivity index (χ1n) is 6.96. The van der Waals surface area contributed by atoms with Crippen LogP contribution in [-0.4, -0.2) is 37.8 Å². The van der Waals surface area contributed by atoms with Crippen LogP contribution < -0.4 is 10.6 Å². The maximum absolute atomic E-state index is 5.69. The summed E-state index contributed by atoms with van der Waals surface area (Å²) >= 11 is 0. The average Bonchev–Trinajstić information content (AvgIpc) is 3.04. The van der Waals surface area contributed by atoms with E-state index in [0.717, 1.165) is 38.0 Å². The van der Waals surface area contributed by atoms with E-state index in [9.17, 15) is 0 Å². The van der Waals surface area contributed by atoms with Gasteiger partial charge in [-0.15, -0.1) is 24.0 Å². The first kappa shape index (κ1) is 16.0. The fourth-order valence-corrected chi connectivity index (χ4v) is 2.16. The summed E-state index contributed by atoms with van der Waals surface area (Å²) in [6.07, 6.45) is 5.24. The van der Waals surface area contributed by atoms with Gasteiger partial charge in [0, 0.05) is 19.2 Å². The Morgan fingerprint density at radius 1 is 1.39 bits per heavy atom. The summed E-state index contributed by atoms with van der Waals surface area (Å²) in [6, 6.07) is 0.625. The van der Waals surface area contributed by atoms with Crippen molar-refractivity contribution in [3.63, 3.8) is 0 Å². The van der Waals surface area contributed by atoms with E-state index in [4.69, 9.17) is 4.74 Å². The van der Waals surface area contributed by atoms with E-state index in [0.29, 0.717) is 12.1 Å². The lowest BCUT2D eigenvalue weighted by molar-refractivity contribution is 0.0224. The van der Waals surface area contributed by atoms with Crippen molar-refractivity contribution in [3.05, 3.63) is 0 Å². The van der Waals surface area contributed by atoms with Crippen molar-refractivity contribution < 1.29 is 4.74 Å². The van der Waals surface area contributed by atoms with Gasteiger partial charge >= 0.3 is 0 Å². The number of halogens is 1. The molecular weight excluding hydrogens is 341 g/mol. The van der Waals surface area contributed by atoms with Gasteiger partial charge in [0.1, 0.15) is 0 Å². The van der Waals surface area contributed by atoms with Gasteiger partial charge in [-0.2, -0.15) is 0 Å². The van der Waals surface area contributed by atoms with Crippen molar-refractivity contribution in [2.45, 2.75) is 51.7 Å². The predicted octanol–water partition coefficient (Wildman–Crippen LogP) is 2.14. The fraction of sp³-hybridized carbons (Fsp3) is 0.923. The molecule has 2 fully saturated rings. The van der Waals surface area contributed by atoms with Gasteiger partial charge in [0.05, 0.1) is 12.6 Å². The topological polar surface area (TPSA) is 45.7 Å². The third kappa shape index (κ3) is 5.30. The Morgan fingerprint density at radius 2 is 2.17 bits per heavy atom. The van der Waals surface area contributed by atoms with E-state index < -0.39 is 0 Å². The minimum absolute atomic E-state index is 0. The molecule has 4 nitrogen and oxygen atoms in total. The Hall–Kier alpha value is -0.0400. The molecule has 0 spiro atoms. The predicted molar refractivity (Wildman–Crippen MR) is 85.7 cm³/mol. The van der Waals surface area contributed by atoms with Crippen LogP contribution in [0, 0.1) is 5.92 Å². The number of rotatable bonds is 4. The molecular formula is C13H26IN3O. The van der Waals surface area contributed by atoms with Gasteiger partial charge in [0.25, 0.3) is 0 Å². The van der Waals surface area contributed by atoms with Crippen LogP contribution >= 0.6 is 24.0 Å². The maximum Gasteiger partial charge on any atom is 0.191 e. The minimum atomic E-state index is 0. The molecule has 0 bridgehead atoms. The summed E-state index contributed by atoms with van der Waals surface area (Å²) in [5.41, 5.74) is 0. The molecule has 1 saturated heterocycles. The summed E-state index contributed by atoms with van der Waals surface area (Å²) in [5.74, 6) is 1.75. The van der Waals surface area contributed by atoms with E-state index in [1.54, 1.807) is 0 Å². The first-order chi connectivity index (χ1) is 8.29. The van der Waals surface area contributed by atoms with Gasteiger partial charge in [0.15, 0.2) is 5.96 Å². The van der Waals surface area contributed by atoms with E-state index in [2.05, 4.69) is 29.5 Å². The van der Waals surface area contributed by atoms with Gasteiger partial charge in [-0.25, -0.2) is 0 Å². The summed E-state index contributed by atoms with van der Waals surface area (Å²) in [7, 11) is 0. The van der Waals surface area contributed by atoms with Crippen molar-refractivity contribution in [2.75, 3.05) is 19.7 Å². The van der Waals surface area contributed by atoms with E-state index >= 15 is 0 Å². The zero-order valence-corrected chi connectivity index (χ0v) is 13.8. The summed E-state index contributed by atoms with van der Waals surface area (Å²) in [6.45, 7) is 6.98. The number of nitrogens with zero attached hydrogens (tertiary/aromatic N) is 1. The molecule has 2 aliphatic rings. The number of guanidine groups is 1. The van der Waals surface area contributed by atoms with Crippen LogP contribution in [0.15, 0.2) is 4.99 Å². The lowest BCUT2D eigenvalue weighted by atomic mass is 10.1. The van der Waals surface area contributed by atoms with E-state index in [-0.39, 0.29) is 24.0 Å². The highest BCUT2D eigenvalue weighted by atomic mass is 127. The third-order valence-electron chi connectivity index (χ3n) is 3.50. The number of hydrogen-bond acceptors (Lipinski definition) is 2. The molecule has 3 unspecified atom stereocenters. The van der Waals surface area contributed by atoms with E-state index in [1.165, 1.54) is 19.3 Å². The van der Waals surface area contributed by atoms with Crippen LogP contribution in [0.2, 0.25) is 0 Å². The normalized spacial score (nSPS) is 31.4. The lowest BCUT2D eigenvalue weighted by Gasteiger charge is -2.21. The molecule has 0 aromatic carbocycles. The van der Waals surface area contributed by atoms with E-state index in [1.807, 2.05) is 0 Å². The van der Waals surface area contributed by atoms with Gasteiger partial charge in [0.2, 0.25) is 0 Å². The van der Waals surface area contributed by atoms with Crippen LogP contribution in [0.25, 0.3) is 0 Å². The Balaban J connectivity index is 0.00000162. The second-order valence-corrected chi connectivity index (χ2v) is 5.17. The van der Waals surface area contributed by atoms with Crippen LogP contribution in [0.1, 0.15) is 39.5 Å². The van der Waals surface area contributed by atoms with Crippen LogP contribution in [0.4, 0.5) is 0 Å². The highest BCUT2D eigenvalue weighted by molar-refractivity contribution is 14.0. The van der Waals surface area contributed by atoms with Crippen molar-refractivity contribution in [3.8, 4) is 0 Å². The first-order valence-corrected chi connectivity index (χ1v) is 6.96. The molecule has 106 valence electrons. The SMILES string of the molecule is CCNC(=NCC1CCCCO1)NC1CC1C.I. The van der Waals surface area contributed by atoms with Crippen LogP contribution in [0.5, 0.6) is 0 Å². The molecule has 1 aliphatic carbocycles. The molecule has 0 radical (unpaired) electrons. The Kier molecular flexibility index (Phi) is 7.29. The smallest absolute Gasteiger partial charge is 0.191 e. The quantitative estimate of drug-likeness (QED) is 0.455. The van der Waals surface area contributed by atoms with Gasteiger partial charge < -0.3 is 15.4 Å². The molecule has 0 aromatic heterocycles. The Bertz CT molecular complexity index is 267. The van der Waals surface area contributed by atoms with Crippen LogP contribution in [-0.2, 0) is 4.74 Å². The molecule has 1 saturated carbocycles. The summed E-state index contributed by atoms with van der Waals surface area (Å²) < 4.78 is 5.69. The molecule has 0 aromatic rings. The molecule has 2 rings (SSSR count). The van der Waals surface area contributed by atoms with Crippen molar-refractivity contribution in [2.24, 2.45) is 10.9 Å². The van der Waals surface area contributed by atoms with Gasteiger partial charge in [-0.1, -0.05) is 6.92 Å². The zero-order chi connectivity index (χ0) is 12.1. The highest BCUT2D eigenvalue weighted by Gasteiger charge is 2.33. The standard InChI is InChI=1S/C13H25N3O.HI/c1-3-14-13(16-12-8-10(12)2)15-9-11-6-4-5-7-17-11;/h10-12H,3-9H2,1-2H3,(H2,14,15,16);1H. The molecule has 3 atom stereocenters. The lowest BCUT2D eigenvalue weighted by Crippen LogP contribution is -2.40. The fourth-order valence-electron chi connectivity index (χ4n) is 2.16. The molecule has 0 amide bonds. The third-order valence-corrected chi connectivity index (χ3v) is 3.50. The summed E-state index contributed by atoms with van der Waals surface area (Å²) in [4.78, 5) is 4.62. The van der Waals surface area contributed by atoms with Gasteiger partial charge in [-0.3, -0.25) is 4.99 Å². The zero-order valence-electron chi connectivity index (χ0n) is 11.4. The molecule has 1 heterocycles. The minimum Gasteiger partial charge on any atom is -0.376 e. The second-order valence-electron chi connectivity index (χ2n) is 5.17. The molecule has 2 N–H and O–H groups in total. The molecule has 5 heteroatoms.